The maximum absolute atomic E-state index is 11.7. The molecule has 2 rings (SSSR count). The first-order chi connectivity index (χ1) is 9.69. The Kier molecular flexibility index (Phi) is 4.92. The zero-order valence-corrected chi connectivity index (χ0v) is 11.7. The largest absolute Gasteiger partial charge is 0.396 e. The fraction of sp³-hybridized carbons (Fsp3) is 0.571. The van der Waals surface area contributed by atoms with Gasteiger partial charge in [0.2, 0.25) is 0 Å². The molecule has 1 saturated heterocycles. The minimum atomic E-state index is -0.196. The Bertz CT molecular complexity index is 438. The number of aliphatic hydroxyl groups excluding tert-OH is 1. The first-order valence-corrected chi connectivity index (χ1v) is 6.86. The van der Waals surface area contributed by atoms with Crippen molar-refractivity contribution < 1.29 is 14.6 Å². The number of aromatic nitrogens is 1. The van der Waals surface area contributed by atoms with Crippen LogP contribution in [0.3, 0.4) is 0 Å². The molecule has 0 spiro atoms. The average Bonchev–Trinajstić information content (AvgIpc) is 2.45. The van der Waals surface area contributed by atoms with Crippen LogP contribution in [0.4, 0.5) is 5.82 Å². The number of nitrogens with zero attached hydrogens (tertiary/aromatic N) is 1. The lowest BCUT2D eigenvalue weighted by Crippen LogP contribution is -2.50. The number of carbonyl (C=O) groups excluding carboxylic acids is 1. The lowest BCUT2D eigenvalue weighted by atomic mass is 9.87. The van der Waals surface area contributed by atoms with Gasteiger partial charge in [0.1, 0.15) is 5.82 Å². The smallest absolute Gasteiger partial charge is 0.252 e. The number of pyridine rings is 1. The fourth-order valence-electron chi connectivity index (χ4n) is 1.89. The second-order valence-corrected chi connectivity index (χ2v) is 5.19. The van der Waals surface area contributed by atoms with Crippen LogP contribution in [0.15, 0.2) is 18.3 Å². The van der Waals surface area contributed by atoms with Crippen LogP contribution < -0.4 is 10.6 Å². The molecular formula is C14H21N3O3. The van der Waals surface area contributed by atoms with Crippen molar-refractivity contribution in [2.75, 3.05) is 38.2 Å². The van der Waals surface area contributed by atoms with Gasteiger partial charge < -0.3 is 20.5 Å². The second kappa shape index (κ2) is 6.67. The van der Waals surface area contributed by atoms with Crippen molar-refractivity contribution in [3.05, 3.63) is 23.9 Å². The molecule has 0 radical (unpaired) electrons. The maximum Gasteiger partial charge on any atom is 0.252 e. The highest BCUT2D eigenvalue weighted by molar-refractivity contribution is 5.93. The van der Waals surface area contributed by atoms with E-state index in [1.165, 1.54) is 0 Å². The molecule has 110 valence electrons. The van der Waals surface area contributed by atoms with Gasteiger partial charge in [-0.2, -0.15) is 0 Å². The number of hydrogen-bond donors (Lipinski definition) is 3. The van der Waals surface area contributed by atoms with Crippen molar-refractivity contribution in [1.29, 1.82) is 0 Å². The molecule has 0 aliphatic carbocycles. The van der Waals surface area contributed by atoms with Crippen molar-refractivity contribution in [2.24, 2.45) is 5.41 Å². The van der Waals surface area contributed by atoms with Crippen LogP contribution >= 0.6 is 0 Å². The average molecular weight is 279 g/mol. The van der Waals surface area contributed by atoms with Crippen molar-refractivity contribution in [1.82, 2.24) is 10.3 Å². The van der Waals surface area contributed by atoms with E-state index < -0.39 is 0 Å². The summed E-state index contributed by atoms with van der Waals surface area (Å²) in [6.07, 6.45) is 2.46. The van der Waals surface area contributed by atoms with E-state index in [0.29, 0.717) is 37.7 Å². The first kappa shape index (κ1) is 14.7. The number of nitrogens with one attached hydrogen (secondary N) is 2. The van der Waals surface area contributed by atoms with E-state index in [1.807, 2.05) is 6.92 Å². The van der Waals surface area contributed by atoms with Crippen LogP contribution in [0.25, 0.3) is 0 Å². The molecule has 0 bridgehead atoms. The molecule has 1 aliphatic heterocycles. The maximum atomic E-state index is 11.7. The number of anilines is 1. The molecule has 1 aliphatic rings. The van der Waals surface area contributed by atoms with Crippen molar-refractivity contribution in [3.63, 3.8) is 0 Å². The Morgan fingerprint density at radius 1 is 1.50 bits per heavy atom. The summed E-state index contributed by atoms with van der Waals surface area (Å²) in [6, 6.07) is 3.51. The third-order valence-corrected chi connectivity index (χ3v) is 3.36. The summed E-state index contributed by atoms with van der Waals surface area (Å²) in [5.41, 5.74) is 0.353. The summed E-state index contributed by atoms with van der Waals surface area (Å²) in [4.78, 5) is 15.9. The summed E-state index contributed by atoms with van der Waals surface area (Å²) in [7, 11) is 0. The van der Waals surface area contributed by atoms with Gasteiger partial charge in [-0.1, -0.05) is 6.92 Å². The van der Waals surface area contributed by atoms with Crippen LogP contribution in [-0.4, -0.2) is 48.9 Å². The van der Waals surface area contributed by atoms with E-state index in [0.717, 1.165) is 6.42 Å². The predicted molar refractivity (Wildman–Crippen MR) is 75.7 cm³/mol. The number of carbonyl (C=O) groups is 1. The Labute approximate surface area is 118 Å². The molecule has 20 heavy (non-hydrogen) atoms. The third-order valence-electron chi connectivity index (χ3n) is 3.36. The monoisotopic (exact) mass is 279 g/mol. The van der Waals surface area contributed by atoms with Gasteiger partial charge in [-0.25, -0.2) is 4.98 Å². The normalized spacial score (nSPS) is 16.3. The van der Waals surface area contributed by atoms with E-state index in [-0.39, 0.29) is 17.9 Å². The molecule has 1 aromatic rings. The van der Waals surface area contributed by atoms with E-state index in [4.69, 9.17) is 4.74 Å². The van der Waals surface area contributed by atoms with Crippen molar-refractivity contribution >= 4 is 11.7 Å². The van der Waals surface area contributed by atoms with Gasteiger partial charge in [-0.05, 0) is 18.6 Å². The van der Waals surface area contributed by atoms with E-state index >= 15 is 0 Å². The number of amides is 1. The highest BCUT2D eigenvalue weighted by Crippen LogP contribution is 2.26. The summed E-state index contributed by atoms with van der Waals surface area (Å²) < 4.78 is 5.13. The molecule has 1 fully saturated rings. The molecule has 6 nitrogen and oxygen atoms in total. The third kappa shape index (κ3) is 3.46. The van der Waals surface area contributed by atoms with Gasteiger partial charge in [-0.3, -0.25) is 4.79 Å². The van der Waals surface area contributed by atoms with Crippen molar-refractivity contribution in [2.45, 2.75) is 13.3 Å². The van der Waals surface area contributed by atoms with Gasteiger partial charge >= 0.3 is 0 Å². The van der Waals surface area contributed by atoms with Crippen LogP contribution in [0.1, 0.15) is 23.7 Å². The molecule has 0 unspecified atom stereocenters. The molecular weight excluding hydrogens is 258 g/mol. The standard InChI is InChI=1S/C14H21N3O3/c1-2-5-15-13(19)11-3-4-12(16-6-11)17-7-14(8-18)9-20-10-14/h3-4,6,18H,2,5,7-10H2,1H3,(H,15,19)(H,16,17). The van der Waals surface area contributed by atoms with Gasteiger partial charge in [0.25, 0.3) is 5.91 Å². The quantitative estimate of drug-likeness (QED) is 0.682. The van der Waals surface area contributed by atoms with Gasteiger partial charge in [-0.15, -0.1) is 0 Å². The molecule has 3 N–H and O–H groups in total. The number of rotatable bonds is 7. The van der Waals surface area contributed by atoms with E-state index in [2.05, 4.69) is 15.6 Å². The molecule has 2 heterocycles. The summed E-state index contributed by atoms with van der Waals surface area (Å²) >= 11 is 0. The highest BCUT2D eigenvalue weighted by Gasteiger charge is 2.37. The van der Waals surface area contributed by atoms with Crippen LogP contribution in [-0.2, 0) is 4.74 Å². The van der Waals surface area contributed by atoms with Crippen LogP contribution in [0.5, 0.6) is 0 Å². The highest BCUT2D eigenvalue weighted by atomic mass is 16.5. The SMILES string of the molecule is CCCNC(=O)c1ccc(NCC2(CO)COC2)nc1. The molecule has 0 saturated carbocycles. The molecule has 0 atom stereocenters. The Morgan fingerprint density at radius 2 is 2.30 bits per heavy atom. The molecule has 1 amide bonds. The van der Waals surface area contributed by atoms with Crippen LogP contribution in [0, 0.1) is 5.41 Å². The first-order valence-electron chi connectivity index (χ1n) is 6.86. The summed E-state index contributed by atoms with van der Waals surface area (Å²) in [6.45, 7) is 4.50. The Hall–Kier alpha value is -1.66. The second-order valence-electron chi connectivity index (χ2n) is 5.19. The van der Waals surface area contributed by atoms with E-state index in [1.54, 1.807) is 18.3 Å². The van der Waals surface area contributed by atoms with E-state index in [9.17, 15) is 9.90 Å². The van der Waals surface area contributed by atoms with Crippen LogP contribution in [0.2, 0.25) is 0 Å². The number of aliphatic hydroxyl groups is 1. The zero-order chi connectivity index (χ0) is 14.4. The minimum absolute atomic E-state index is 0.0947. The van der Waals surface area contributed by atoms with Gasteiger partial charge in [0, 0.05) is 19.3 Å². The Balaban J connectivity index is 1.86. The topological polar surface area (TPSA) is 83.5 Å². The zero-order valence-electron chi connectivity index (χ0n) is 11.7. The minimum Gasteiger partial charge on any atom is -0.396 e. The van der Waals surface area contributed by atoms with Gasteiger partial charge in [0.15, 0.2) is 0 Å². The number of ether oxygens (including phenoxy) is 1. The lowest BCUT2D eigenvalue weighted by Gasteiger charge is -2.39. The predicted octanol–water partition coefficient (Wildman–Crippen LogP) is 0.642. The lowest BCUT2D eigenvalue weighted by molar-refractivity contribution is -0.128. The van der Waals surface area contributed by atoms with Crippen molar-refractivity contribution in [3.8, 4) is 0 Å². The molecule has 0 aromatic carbocycles. The Morgan fingerprint density at radius 3 is 2.80 bits per heavy atom. The van der Waals surface area contributed by atoms with Gasteiger partial charge in [0.05, 0.1) is 30.8 Å². The molecule has 1 aromatic heterocycles. The number of hydrogen-bond acceptors (Lipinski definition) is 5. The fourth-order valence-corrected chi connectivity index (χ4v) is 1.89. The summed E-state index contributed by atoms with van der Waals surface area (Å²) in [5.74, 6) is 0.585. The summed E-state index contributed by atoms with van der Waals surface area (Å²) in [5, 5.41) is 15.3. The molecule has 6 heteroatoms.